The molecule has 0 saturated heterocycles. The maximum absolute atomic E-state index is 12.3. The third kappa shape index (κ3) is 3.11. The number of nitrogen functional groups attached to an aromatic ring is 1. The average Bonchev–Trinajstić information content (AvgIpc) is 3.01. The second kappa shape index (κ2) is 4.99. The van der Waals surface area contributed by atoms with Gasteiger partial charge < -0.3 is 5.43 Å². The van der Waals surface area contributed by atoms with Crippen LogP contribution < -0.4 is 16.0 Å². The highest BCUT2D eigenvalue weighted by Crippen LogP contribution is 2.32. The standard InChI is InChI=1S/C11H17N3O4S2/c1-7-5-10(7)14-20(17,18)11-6-8(19(2,15)16)3-4-9(11)13-12/h3-4,6-7,10,13-14H,5,12H2,1-2H3. The van der Waals surface area contributed by atoms with Crippen molar-refractivity contribution in [1.29, 1.82) is 0 Å². The minimum atomic E-state index is -3.81. The van der Waals surface area contributed by atoms with E-state index < -0.39 is 19.9 Å². The molecule has 1 aromatic rings. The van der Waals surface area contributed by atoms with Crippen LogP contribution >= 0.6 is 0 Å². The lowest BCUT2D eigenvalue weighted by Crippen LogP contribution is -2.28. The van der Waals surface area contributed by atoms with Gasteiger partial charge in [0, 0.05) is 12.3 Å². The Balaban J connectivity index is 2.47. The molecule has 1 fully saturated rings. The van der Waals surface area contributed by atoms with Crippen molar-refractivity contribution in [2.45, 2.75) is 29.2 Å². The zero-order valence-corrected chi connectivity index (χ0v) is 12.8. The van der Waals surface area contributed by atoms with E-state index in [9.17, 15) is 16.8 Å². The van der Waals surface area contributed by atoms with Crippen molar-refractivity contribution in [3.05, 3.63) is 18.2 Å². The van der Waals surface area contributed by atoms with Gasteiger partial charge in [-0.25, -0.2) is 21.6 Å². The van der Waals surface area contributed by atoms with Crippen LogP contribution in [0.15, 0.2) is 28.0 Å². The number of hydrogen-bond donors (Lipinski definition) is 3. The van der Waals surface area contributed by atoms with Gasteiger partial charge in [-0.1, -0.05) is 6.92 Å². The van der Waals surface area contributed by atoms with E-state index in [4.69, 9.17) is 5.84 Å². The maximum Gasteiger partial charge on any atom is 0.242 e. The van der Waals surface area contributed by atoms with Crippen molar-refractivity contribution in [3.8, 4) is 0 Å². The van der Waals surface area contributed by atoms with Gasteiger partial charge >= 0.3 is 0 Å². The molecule has 2 unspecified atom stereocenters. The van der Waals surface area contributed by atoms with E-state index in [0.717, 1.165) is 18.7 Å². The Labute approximate surface area is 118 Å². The van der Waals surface area contributed by atoms with Crippen molar-refractivity contribution in [2.24, 2.45) is 11.8 Å². The molecule has 1 aliphatic rings. The fourth-order valence-corrected chi connectivity index (χ4v) is 4.10. The lowest BCUT2D eigenvalue weighted by Gasteiger charge is -2.12. The van der Waals surface area contributed by atoms with Crippen molar-refractivity contribution >= 4 is 25.5 Å². The first-order chi connectivity index (χ1) is 9.15. The summed E-state index contributed by atoms with van der Waals surface area (Å²) in [5.41, 5.74) is 2.42. The molecule has 1 aromatic carbocycles. The molecule has 112 valence electrons. The first-order valence-corrected chi connectivity index (χ1v) is 9.35. The van der Waals surface area contributed by atoms with Gasteiger partial charge in [0.05, 0.1) is 10.6 Å². The van der Waals surface area contributed by atoms with Crippen molar-refractivity contribution in [3.63, 3.8) is 0 Å². The van der Waals surface area contributed by atoms with Gasteiger partial charge in [-0.05, 0) is 30.5 Å². The van der Waals surface area contributed by atoms with E-state index in [1.165, 1.54) is 12.1 Å². The number of sulfonamides is 1. The lowest BCUT2D eigenvalue weighted by atomic mass is 10.3. The molecule has 7 nitrogen and oxygen atoms in total. The molecule has 20 heavy (non-hydrogen) atoms. The van der Waals surface area contributed by atoms with Crippen LogP contribution in [0.3, 0.4) is 0 Å². The first kappa shape index (κ1) is 15.2. The predicted octanol–water partition coefficient (Wildman–Crippen LogP) is 0.0624. The summed E-state index contributed by atoms with van der Waals surface area (Å²) >= 11 is 0. The molecule has 1 aliphatic carbocycles. The normalized spacial score (nSPS) is 22.6. The van der Waals surface area contributed by atoms with Gasteiger partial charge in [-0.2, -0.15) is 0 Å². The minimum absolute atomic E-state index is 0.0688. The maximum atomic E-state index is 12.3. The Morgan fingerprint density at radius 1 is 1.25 bits per heavy atom. The molecule has 0 aromatic heterocycles. The third-order valence-corrected chi connectivity index (χ3v) is 5.88. The van der Waals surface area contributed by atoms with Crippen LogP contribution in [0.25, 0.3) is 0 Å². The topological polar surface area (TPSA) is 118 Å². The van der Waals surface area contributed by atoms with Crippen molar-refractivity contribution < 1.29 is 16.8 Å². The second-order valence-corrected chi connectivity index (χ2v) is 8.71. The molecule has 0 heterocycles. The monoisotopic (exact) mass is 319 g/mol. The van der Waals surface area contributed by atoms with Crippen LogP contribution in [0.5, 0.6) is 0 Å². The molecule has 4 N–H and O–H groups in total. The Bertz CT molecular complexity index is 728. The van der Waals surface area contributed by atoms with Gasteiger partial charge in [-0.3, -0.25) is 5.84 Å². The molecule has 0 amide bonds. The molecule has 9 heteroatoms. The first-order valence-electron chi connectivity index (χ1n) is 5.98. The van der Waals surface area contributed by atoms with Gasteiger partial charge in [0.2, 0.25) is 10.0 Å². The van der Waals surface area contributed by atoms with Crippen molar-refractivity contribution in [2.75, 3.05) is 11.7 Å². The molecular weight excluding hydrogens is 302 g/mol. The number of sulfone groups is 1. The summed E-state index contributed by atoms with van der Waals surface area (Å²) < 4.78 is 50.2. The smallest absolute Gasteiger partial charge is 0.242 e. The third-order valence-electron chi connectivity index (χ3n) is 3.24. The zero-order chi connectivity index (χ0) is 15.1. The Kier molecular flexibility index (Phi) is 3.80. The summed E-state index contributed by atoms with van der Waals surface area (Å²) in [6, 6.07) is 3.65. The molecule has 0 radical (unpaired) electrons. The fraction of sp³-hybridized carbons (Fsp3) is 0.455. The van der Waals surface area contributed by atoms with E-state index >= 15 is 0 Å². The summed E-state index contributed by atoms with van der Waals surface area (Å²) in [5, 5.41) is 0. The Hall–Kier alpha value is -1.16. The van der Waals surface area contributed by atoms with Crippen LogP contribution in [0.1, 0.15) is 13.3 Å². The number of nitrogens with two attached hydrogens (primary N) is 1. The van der Waals surface area contributed by atoms with Gasteiger partial charge in [0.15, 0.2) is 9.84 Å². The summed E-state index contributed by atoms with van der Waals surface area (Å²) in [5.74, 6) is 5.58. The van der Waals surface area contributed by atoms with E-state index in [2.05, 4.69) is 10.1 Å². The molecule has 2 atom stereocenters. The van der Waals surface area contributed by atoms with E-state index in [1.807, 2.05) is 6.92 Å². The largest absolute Gasteiger partial charge is 0.323 e. The highest BCUT2D eigenvalue weighted by molar-refractivity contribution is 7.91. The van der Waals surface area contributed by atoms with E-state index in [-0.39, 0.29) is 27.4 Å². The van der Waals surface area contributed by atoms with Gasteiger partial charge in [-0.15, -0.1) is 0 Å². The summed E-state index contributed by atoms with van der Waals surface area (Å²) in [6.45, 7) is 1.93. The molecule has 0 aliphatic heterocycles. The number of hydrogen-bond acceptors (Lipinski definition) is 6. The molecule has 0 spiro atoms. The van der Waals surface area contributed by atoms with E-state index in [1.54, 1.807) is 0 Å². The highest BCUT2D eigenvalue weighted by Gasteiger charge is 2.37. The number of benzene rings is 1. The minimum Gasteiger partial charge on any atom is -0.323 e. The summed E-state index contributed by atoms with van der Waals surface area (Å²) in [4.78, 5) is -0.234. The summed E-state index contributed by atoms with van der Waals surface area (Å²) in [7, 11) is -7.31. The SMILES string of the molecule is CC1CC1NS(=O)(=O)c1cc(S(C)(=O)=O)ccc1NN. The fourth-order valence-electron chi connectivity index (χ4n) is 1.82. The highest BCUT2D eigenvalue weighted by atomic mass is 32.2. The number of nitrogens with one attached hydrogen (secondary N) is 2. The van der Waals surface area contributed by atoms with Crippen LogP contribution in [0, 0.1) is 5.92 Å². The molecular formula is C11H17N3O4S2. The zero-order valence-electron chi connectivity index (χ0n) is 11.1. The average molecular weight is 319 g/mol. The molecule has 2 rings (SSSR count). The van der Waals surface area contributed by atoms with Crippen LogP contribution in [0.2, 0.25) is 0 Å². The predicted molar refractivity (Wildman–Crippen MR) is 75.3 cm³/mol. The van der Waals surface area contributed by atoms with Gasteiger partial charge in [0.1, 0.15) is 4.90 Å². The summed E-state index contributed by atoms with van der Waals surface area (Å²) in [6.07, 6.45) is 1.79. The lowest BCUT2D eigenvalue weighted by molar-refractivity contribution is 0.578. The quantitative estimate of drug-likeness (QED) is 0.522. The molecule has 0 bridgehead atoms. The Morgan fingerprint density at radius 2 is 1.85 bits per heavy atom. The van der Waals surface area contributed by atoms with E-state index in [0.29, 0.717) is 0 Å². The number of rotatable bonds is 5. The van der Waals surface area contributed by atoms with Crippen LogP contribution in [-0.2, 0) is 19.9 Å². The van der Waals surface area contributed by atoms with Crippen molar-refractivity contribution in [1.82, 2.24) is 4.72 Å². The Morgan fingerprint density at radius 3 is 2.30 bits per heavy atom. The number of anilines is 1. The van der Waals surface area contributed by atoms with Crippen LogP contribution in [0.4, 0.5) is 5.69 Å². The van der Waals surface area contributed by atoms with Gasteiger partial charge in [0.25, 0.3) is 0 Å². The number of hydrazine groups is 1. The van der Waals surface area contributed by atoms with Crippen LogP contribution in [-0.4, -0.2) is 29.1 Å². The second-order valence-electron chi connectivity index (χ2n) is 5.02. The molecule has 1 saturated carbocycles.